The minimum Gasteiger partial charge on any atom is -0.497 e. The van der Waals surface area contributed by atoms with Crippen LogP contribution in [0.25, 0.3) is 10.9 Å². The summed E-state index contributed by atoms with van der Waals surface area (Å²) in [7, 11) is -1.40. The Balaban J connectivity index is 1.43. The number of rotatable bonds is 16. The summed E-state index contributed by atoms with van der Waals surface area (Å²) >= 11 is 7.39. The average Bonchev–Trinajstić information content (AvgIpc) is 3.85. The van der Waals surface area contributed by atoms with Crippen LogP contribution in [0.2, 0.25) is 5.02 Å². The van der Waals surface area contributed by atoms with E-state index in [2.05, 4.69) is 19.8 Å². The van der Waals surface area contributed by atoms with Gasteiger partial charge in [0, 0.05) is 46.8 Å². The highest BCUT2D eigenvalue weighted by molar-refractivity contribution is 7.91. The molecule has 0 aliphatic carbocycles. The summed E-state index contributed by atoms with van der Waals surface area (Å²) in [5.74, 6) is 0.866. The van der Waals surface area contributed by atoms with Crippen LogP contribution in [0.3, 0.4) is 0 Å². The average molecular weight is 858 g/mol. The van der Waals surface area contributed by atoms with E-state index in [9.17, 15) is 18.0 Å². The van der Waals surface area contributed by atoms with E-state index in [-0.39, 0.29) is 36.9 Å². The predicted molar refractivity (Wildman–Crippen MR) is 222 cm³/mol. The van der Waals surface area contributed by atoms with Gasteiger partial charge in [-0.05, 0) is 84.9 Å². The van der Waals surface area contributed by atoms with Gasteiger partial charge in [-0.15, -0.1) is 4.09 Å². The fourth-order valence-electron chi connectivity index (χ4n) is 5.63. The number of methoxy groups -OCH3 is 2. The highest BCUT2D eigenvalue weighted by atomic mass is 35.5. The molecule has 3 aromatic carbocycles. The van der Waals surface area contributed by atoms with Crippen molar-refractivity contribution < 1.29 is 41.7 Å². The number of carbonyl (C=O) groups excluding carboxylic acids is 2. The molecular formula is C39H48ClN7O9S2. The molecule has 0 saturated carbocycles. The van der Waals surface area contributed by atoms with Gasteiger partial charge in [0.15, 0.2) is 0 Å². The fraction of sp³-hybridized carbons (Fsp3) is 0.410. The number of benzene rings is 3. The lowest BCUT2D eigenvalue weighted by molar-refractivity contribution is -0.156. The van der Waals surface area contributed by atoms with E-state index in [1.54, 1.807) is 103 Å². The largest absolute Gasteiger partial charge is 0.497 e. The summed E-state index contributed by atoms with van der Waals surface area (Å²) in [6.45, 7) is 12.4. The molecule has 0 bridgehead atoms. The Labute approximate surface area is 347 Å². The molecule has 0 aliphatic rings. The zero-order valence-electron chi connectivity index (χ0n) is 33.8. The highest BCUT2D eigenvalue weighted by Gasteiger charge is 2.32. The van der Waals surface area contributed by atoms with E-state index in [0.29, 0.717) is 44.5 Å². The van der Waals surface area contributed by atoms with Gasteiger partial charge in [0.05, 0.1) is 43.6 Å². The number of amides is 1. The summed E-state index contributed by atoms with van der Waals surface area (Å²) in [4.78, 5) is 31.9. The van der Waals surface area contributed by atoms with Crippen molar-refractivity contribution in [2.75, 3.05) is 36.5 Å². The Morgan fingerprint density at radius 2 is 1.67 bits per heavy atom. The summed E-state index contributed by atoms with van der Waals surface area (Å²) in [5.41, 5.74) is 0.309. The number of aromatic nitrogens is 4. The van der Waals surface area contributed by atoms with Crippen molar-refractivity contribution in [2.45, 2.75) is 78.9 Å². The first kappa shape index (κ1) is 43.9. The molecule has 1 unspecified atom stereocenters. The second-order valence-corrected chi connectivity index (χ2v) is 17.9. The number of anilines is 2. The second kappa shape index (κ2) is 18.2. The molecule has 58 heavy (non-hydrogen) atoms. The highest BCUT2D eigenvalue weighted by Crippen LogP contribution is 2.34. The molecule has 19 heteroatoms. The number of esters is 1. The normalized spacial score (nSPS) is 12.5. The van der Waals surface area contributed by atoms with Gasteiger partial charge >= 0.3 is 22.3 Å². The third kappa shape index (κ3) is 10.9. The summed E-state index contributed by atoms with van der Waals surface area (Å²) in [5, 5.41) is 8.32. The molecule has 1 atom stereocenters. The number of halogens is 1. The molecule has 0 aliphatic heterocycles. The van der Waals surface area contributed by atoms with Crippen LogP contribution < -0.4 is 28.7 Å². The van der Waals surface area contributed by atoms with Crippen molar-refractivity contribution in [3.8, 4) is 17.2 Å². The molecule has 2 aromatic heterocycles. The topological polar surface area (TPSA) is 177 Å². The molecule has 0 spiro atoms. The van der Waals surface area contributed by atoms with Crippen molar-refractivity contribution in [2.24, 2.45) is 0 Å². The van der Waals surface area contributed by atoms with E-state index < -0.39 is 39.5 Å². The van der Waals surface area contributed by atoms with Crippen LogP contribution in [0, 0.1) is 0 Å². The van der Waals surface area contributed by atoms with Crippen molar-refractivity contribution in [3.63, 3.8) is 0 Å². The molecule has 0 saturated heterocycles. The zero-order valence-corrected chi connectivity index (χ0v) is 36.2. The minimum absolute atomic E-state index is 0.0568. The first-order valence-electron chi connectivity index (χ1n) is 18.2. The van der Waals surface area contributed by atoms with E-state index in [4.69, 9.17) is 35.3 Å². The van der Waals surface area contributed by atoms with E-state index in [1.807, 2.05) is 0 Å². The fourth-order valence-corrected chi connectivity index (χ4v) is 7.92. The lowest BCUT2D eigenvalue weighted by atomic mass is 10.1. The van der Waals surface area contributed by atoms with Crippen LogP contribution >= 0.6 is 23.1 Å². The van der Waals surface area contributed by atoms with Crippen LogP contribution in [0.4, 0.5) is 15.6 Å². The Bertz CT molecular complexity index is 2330. The lowest BCUT2D eigenvalue weighted by Crippen LogP contribution is -2.45. The molecule has 5 aromatic rings. The van der Waals surface area contributed by atoms with Gasteiger partial charge in [-0.3, -0.25) is 9.69 Å². The molecule has 2 heterocycles. The Kier molecular flexibility index (Phi) is 13.8. The number of nitrogens with one attached hydrogen (secondary N) is 1. The van der Waals surface area contributed by atoms with Crippen molar-refractivity contribution in [3.05, 3.63) is 83.3 Å². The van der Waals surface area contributed by atoms with Gasteiger partial charge < -0.3 is 29.0 Å². The van der Waals surface area contributed by atoms with Gasteiger partial charge in [-0.2, -0.15) is 17.9 Å². The predicted octanol–water partition coefficient (Wildman–Crippen LogP) is 7.00. The molecule has 1 N–H and O–H groups in total. The number of hydrogen-bond donors (Lipinski definition) is 1. The Morgan fingerprint density at radius 1 is 0.948 bits per heavy atom. The number of carbonyl (C=O) groups is 2. The SMILES string of the molecule is COc1ccc(CN(c2ncns2)S(=O)(=O)n2ncc3c(OCc4ccc(Cl)cc4N(CCNC(C)C(=O)OC(C)(C)C)C(=O)OC(C)(C)C)cccc32)c(OC)c1. The van der Waals surface area contributed by atoms with E-state index >= 15 is 0 Å². The van der Waals surface area contributed by atoms with E-state index in [0.717, 1.165) is 19.9 Å². The number of ether oxygens (including phenoxy) is 5. The Morgan fingerprint density at radius 3 is 2.33 bits per heavy atom. The molecule has 0 radical (unpaired) electrons. The molecule has 1 amide bonds. The number of nitrogens with zero attached hydrogens (tertiary/aromatic N) is 6. The minimum atomic E-state index is -4.41. The molecule has 16 nitrogen and oxygen atoms in total. The van der Waals surface area contributed by atoms with Crippen LogP contribution in [0.5, 0.6) is 17.2 Å². The standard InChI is InChI=1S/C39H48ClN7O9S2/c1-25(35(48)55-38(2,3)4)41-17-18-45(37(49)56-39(5,6)7)32-19-28(40)15-13-27(32)23-54-33-12-10-11-31-30(33)21-43-47(31)58(50,51)46(36-42-24-44-57-36)22-26-14-16-29(52-8)20-34(26)53-9/h10-16,19-21,24-25,41H,17-18,22-23H2,1-9H3. The van der Waals surface area contributed by atoms with Gasteiger partial charge in [0.1, 0.15) is 47.4 Å². The summed E-state index contributed by atoms with van der Waals surface area (Å²) in [6.07, 6.45) is 2.04. The second-order valence-electron chi connectivity index (χ2n) is 15.0. The van der Waals surface area contributed by atoms with Gasteiger partial charge in [-0.1, -0.05) is 23.7 Å². The quantitative estimate of drug-likeness (QED) is 0.101. The van der Waals surface area contributed by atoms with E-state index in [1.165, 1.54) is 31.6 Å². The van der Waals surface area contributed by atoms with Crippen molar-refractivity contribution >= 4 is 67.1 Å². The van der Waals surface area contributed by atoms with Crippen molar-refractivity contribution in [1.29, 1.82) is 0 Å². The van der Waals surface area contributed by atoms with Crippen LogP contribution in [-0.4, -0.2) is 83.6 Å². The molecular weight excluding hydrogens is 810 g/mol. The van der Waals surface area contributed by atoms with Gasteiger partial charge in [0.2, 0.25) is 5.13 Å². The first-order chi connectivity index (χ1) is 27.3. The lowest BCUT2D eigenvalue weighted by Gasteiger charge is -2.29. The monoisotopic (exact) mass is 857 g/mol. The maximum Gasteiger partial charge on any atom is 0.414 e. The zero-order chi connectivity index (χ0) is 42.4. The smallest absolute Gasteiger partial charge is 0.414 e. The van der Waals surface area contributed by atoms with Crippen LogP contribution in [0.15, 0.2) is 67.1 Å². The van der Waals surface area contributed by atoms with Gasteiger partial charge in [-0.25, -0.2) is 14.1 Å². The third-order valence-corrected chi connectivity index (χ3v) is 10.9. The van der Waals surface area contributed by atoms with Crippen molar-refractivity contribution in [1.82, 2.24) is 23.9 Å². The maximum atomic E-state index is 14.4. The molecule has 312 valence electrons. The molecule has 5 rings (SSSR count). The number of hydrogen-bond acceptors (Lipinski definition) is 14. The summed E-state index contributed by atoms with van der Waals surface area (Å²) < 4.78 is 63.4. The van der Waals surface area contributed by atoms with Gasteiger partial charge in [0.25, 0.3) is 0 Å². The Hall–Kier alpha value is -5.17. The van der Waals surface area contributed by atoms with Crippen LogP contribution in [0.1, 0.15) is 59.6 Å². The third-order valence-electron chi connectivity index (χ3n) is 8.29. The maximum absolute atomic E-state index is 14.4. The number of fused-ring (bicyclic) bond motifs is 1. The summed E-state index contributed by atoms with van der Waals surface area (Å²) in [6, 6.07) is 14.4. The molecule has 0 fully saturated rings. The van der Waals surface area contributed by atoms with Crippen LogP contribution in [-0.2, 0) is 37.6 Å². The first-order valence-corrected chi connectivity index (χ1v) is 20.7.